The molecule has 0 atom stereocenters. The lowest BCUT2D eigenvalue weighted by molar-refractivity contribution is 0.0761. The van der Waals surface area contributed by atoms with E-state index in [0.717, 1.165) is 38.8 Å². The number of sulfonamides is 1. The van der Waals surface area contributed by atoms with Crippen LogP contribution in [0.3, 0.4) is 0 Å². The molecule has 140 valence electrons. The number of aryl methyl sites for hydroxylation is 2. The molecule has 1 aromatic carbocycles. The van der Waals surface area contributed by atoms with Crippen molar-refractivity contribution < 1.29 is 17.7 Å². The van der Waals surface area contributed by atoms with Crippen LogP contribution in [0.5, 0.6) is 0 Å². The van der Waals surface area contributed by atoms with Crippen molar-refractivity contribution in [1.29, 1.82) is 0 Å². The SMILES string of the molecule is Cc1noc(C)c1S(=O)(=O)Nc1ccc(C(=O)N2CCCCCC2)cc1. The first-order chi connectivity index (χ1) is 12.4. The molecule has 1 amide bonds. The maximum atomic E-state index is 12.6. The van der Waals surface area contributed by atoms with Gasteiger partial charge in [0.25, 0.3) is 15.9 Å². The zero-order valence-corrected chi connectivity index (χ0v) is 15.8. The fourth-order valence-electron chi connectivity index (χ4n) is 3.20. The molecule has 0 saturated carbocycles. The van der Waals surface area contributed by atoms with Gasteiger partial charge in [0.05, 0.1) is 0 Å². The first-order valence-corrected chi connectivity index (χ1v) is 10.2. The third kappa shape index (κ3) is 3.90. The van der Waals surface area contributed by atoms with E-state index in [4.69, 9.17) is 4.52 Å². The number of carbonyl (C=O) groups is 1. The summed E-state index contributed by atoms with van der Waals surface area (Å²) >= 11 is 0. The maximum absolute atomic E-state index is 12.6. The van der Waals surface area contributed by atoms with E-state index in [1.54, 1.807) is 38.1 Å². The van der Waals surface area contributed by atoms with Gasteiger partial charge in [-0.15, -0.1) is 0 Å². The van der Waals surface area contributed by atoms with E-state index in [0.29, 0.717) is 16.9 Å². The summed E-state index contributed by atoms with van der Waals surface area (Å²) in [5, 5.41) is 3.68. The van der Waals surface area contributed by atoms with Gasteiger partial charge in [-0.25, -0.2) is 8.42 Å². The van der Waals surface area contributed by atoms with Crippen LogP contribution in [-0.4, -0.2) is 37.5 Å². The highest BCUT2D eigenvalue weighted by atomic mass is 32.2. The lowest BCUT2D eigenvalue weighted by Gasteiger charge is -2.20. The second-order valence-electron chi connectivity index (χ2n) is 6.54. The quantitative estimate of drug-likeness (QED) is 0.884. The van der Waals surface area contributed by atoms with Gasteiger partial charge in [-0.1, -0.05) is 18.0 Å². The molecule has 1 aromatic heterocycles. The van der Waals surface area contributed by atoms with Crippen molar-refractivity contribution in [3.05, 3.63) is 41.3 Å². The van der Waals surface area contributed by atoms with Crippen LogP contribution in [0.15, 0.2) is 33.7 Å². The molecule has 8 heteroatoms. The van der Waals surface area contributed by atoms with E-state index >= 15 is 0 Å². The number of hydrogen-bond donors (Lipinski definition) is 1. The predicted octanol–water partition coefficient (Wildman–Crippen LogP) is 3.11. The van der Waals surface area contributed by atoms with E-state index < -0.39 is 10.0 Å². The number of nitrogens with one attached hydrogen (secondary N) is 1. The van der Waals surface area contributed by atoms with Crippen molar-refractivity contribution in [2.75, 3.05) is 17.8 Å². The lowest BCUT2D eigenvalue weighted by Crippen LogP contribution is -2.31. The molecule has 1 aliphatic rings. The molecule has 0 spiro atoms. The third-order valence-electron chi connectivity index (χ3n) is 4.51. The first-order valence-electron chi connectivity index (χ1n) is 8.73. The summed E-state index contributed by atoms with van der Waals surface area (Å²) in [6.07, 6.45) is 4.38. The summed E-state index contributed by atoms with van der Waals surface area (Å²) in [6.45, 7) is 4.68. The minimum Gasteiger partial charge on any atom is -0.360 e. The summed E-state index contributed by atoms with van der Waals surface area (Å²) in [6, 6.07) is 6.50. The Labute approximate surface area is 153 Å². The second-order valence-corrected chi connectivity index (χ2v) is 8.16. The normalized spacial score (nSPS) is 15.5. The Bertz CT molecular complexity index is 860. The number of aromatic nitrogens is 1. The van der Waals surface area contributed by atoms with Gasteiger partial charge in [0.1, 0.15) is 5.69 Å². The lowest BCUT2D eigenvalue weighted by atomic mass is 10.2. The number of anilines is 1. The molecule has 0 radical (unpaired) electrons. The first kappa shape index (κ1) is 18.4. The van der Waals surface area contributed by atoms with Crippen LogP contribution in [0.4, 0.5) is 5.69 Å². The maximum Gasteiger partial charge on any atom is 0.267 e. The van der Waals surface area contributed by atoms with Crippen molar-refractivity contribution in [1.82, 2.24) is 10.1 Å². The average Bonchev–Trinajstić information content (AvgIpc) is 2.80. The fraction of sp³-hybridized carbons (Fsp3) is 0.444. The average molecular weight is 377 g/mol. The second kappa shape index (κ2) is 7.49. The van der Waals surface area contributed by atoms with E-state index in [1.165, 1.54) is 0 Å². The number of benzene rings is 1. The van der Waals surface area contributed by atoms with Gasteiger partial charge in [0.15, 0.2) is 10.7 Å². The van der Waals surface area contributed by atoms with Crippen molar-refractivity contribution in [3.63, 3.8) is 0 Å². The van der Waals surface area contributed by atoms with Crippen molar-refractivity contribution in [2.24, 2.45) is 0 Å². The molecular weight excluding hydrogens is 354 g/mol. The molecule has 1 saturated heterocycles. The summed E-state index contributed by atoms with van der Waals surface area (Å²) in [4.78, 5) is 14.5. The van der Waals surface area contributed by atoms with Crippen LogP contribution < -0.4 is 4.72 Å². The zero-order chi connectivity index (χ0) is 18.7. The van der Waals surface area contributed by atoms with E-state index in [9.17, 15) is 13.2 Å². The molecule has 26 heavy (non-hydrogen) atoms. The van der Waals surface area contributed by atoms with E-state index in [-0.39, 0.29) is 16.6 Å². The van der Waals surface area contributed by atoms with Gasteiger partial charge in [0.2, 0.25) is 0 Å². The van der Waals surface area contributed by atoms with E-state index in [2.05, 4.69) is 9.88 Å². The molecule has 0 aliphatic carbocycles. The summed E-state index contributed by atoms with van der Waals surface area (Å²) in [5.74, 6) is 0.231. The van der Waals surface area contributed by atoms with Crippen LogP contribution in [-0.2, 0) is 10.0 Å². The topological polar surface area (TPSA) is 92.5 Å². The molecule has 2 heterocycles. The molecular formula is C18H23N3O4S. The van der Waals surface area contributed by atoms with Crippen LogP contribution >= 0.6 is 0 Å². The van der Waals surface area contributed by atoms with Gasteiger partial charge in [-0.3, -0.25) is 9.52 Å². The Kier molecular flexibility index (Phi) is 5.31. The Hall–Kier alpha value is -2.35. The highest BCUT2D eigenvalue weighted by molar-refractivity contribution is 7.92. The van der Waals surface area contributed by atoms with E-state index in [1.807, 2.05) is 4.90 Å². The van der Waals surface area contributed by atoms with Crippen LogP contribution in [0.25, 0.3) is 0 Å². The van der Waals surface area contributed by atoms with Crippen molar-refractivity contribution in [3.8, 4) is 0 Å². The Balaban J connectivity index is 1.74. The van der Waals surface area contributed by atoms with Crippen LogP contribution in [0, 0.1) is 13.8 Å². The van der Waals surface area contributed by atoms with Crippen LogP contribution in [0.1, 0.15) is 47.5 Å². The summed E-state index contributed by atoms with van der Waals surface area (Å²) in [7, 11) is -3.79. The molecule has 1 aliphatic heterocycles. The Morgan fingerprint density at radius 1 is 1.08 bits per heavy atom. The highest BCUT2D eigenvalue weighted by Crippen LogP contribution is 2.23. The number of amides is 1. The van der Waals surface area contributed by atoms with Gasteiger partial charge >= 0.3 is 0 Å². The monoisotopic (exact) mass is 377 g/mol. The number of nitrogens with zero attached hydrogens (tertiary/aromatic N) is 2. The zero-order valence-electron chi connectivity index (χ0n) is 15.0. The molecule has 0 unspecified atom stereocenters. The van der Waals surface area contributed by atoms with Gasteiger partial charge < -0.3 is 9.42 Å². The third-order valence-corrected chi connectivity index (χ3v) is 6.14. The van der Waals surface area contributed by atoms with Gasteiger partial charge in [0, 0.05) is 24.3 Å². The van der Waals surface area contributed by atoms with Gasteiger partial charge in [-0.2, -0.15) is 0 Å². The molecule has 2 aromatic rings. The number of rotatable bonds is 4. The minimum atomic E-state index is -3.79. The van der Waals surface area contributed by atoms with Crippen LogP contribution in [0.2, 0.25) is 0 Å². The van der Waals surface area contributed by atoms with Crippen molar-refractivity contribution in [2.45, 2.75) is 44.4 Å². The Morgan fingerprint density at radius 2 is 1.69 bits per heavy atom. The summed E-state index contributed by atoms with van der Waals surface area (Å²) < 4.78 is 32.5. The molecule has 7 nitrogen and oxygen atoms in total. The van der Waals surface area contributed by atoms with Gasteiger partial charge in [-0.05, 0) is 51.0 Å². The van der Waals surface area contributed by atoms with Crippen molar-refractivity contribution >= 4 is 21.6 Å². The summed E-state index contributed by atoms with van der Waals surface area (Å²) in [5.41, 5.74) is 1.26. The molecule has 1 N–H and O–H groups in total. The predicted molar refractivity (Wildman–Crippen MR) is 97.6 cm³/mol. The minimum absolute atomic E-state index is 0.00738. The molecule has 3 rings (SSSR count). The fourth-order valence-corrected chi connectivity index (χ4v) is 4.59. The Morgan fingerprint density at radius 3 is 2.23 bits per heavy atom. The largest absolute Gasteiger partial charge is 0.360 e. The number of carbonyl (C=O) groups excluding carboxylic acids is 1. The highest BCUT2D eigenvalue weighted by Gasteiger charge is 2.24. The number of likely N-dealkylation sites (tertiary alicyclic amines) is 1. The number of hydrogen-bond acceptors (Lipinski definition) is 5. The standard InChI is InChI=1S/C18H23N3O4S/c1-13-17(14(2)25-19-13)26(23,24)20-16-9-7-15(8-10-16)18(22)21-11-5-3-4-6-12-21/h7-10,20H,3-6,11-12H2,1-2H3. The molecule has 0 bridgehead atoms. The molecule has 1 fully saturated rings. The smallest absolute Gasteiger partial charge is 0.267 e.